The highest BCUT2D eigenvalue weighted by atomic mass is 16.5. The maximum Gasteiger partial charge on any atom is 0.302 e. The van der Waals surface area contributed by atoms with Crippen molar-refractivity contribution in [3.8, 4) is 0 Å². The molecule has 0 aromatic rings. The van der Waals surface area contributed by atoms with Crippen molar-refractivity contribution in [3.05, 3.63) is 11.6 Å². The number of fused-ring (bicyclic) bond motifs is 7. The molecule has 3 nitrogen and oxygen atoms in total. The quantitative estimate of drug-likeness (QED) is 0.325. The third-order valence-electron chi connectivity index (χ3n) is 13.8. The summed E-state index contributed by atoms with van der Waals surface area (Å²) in [5.41, 5.74) is 2.65. The summed E-state index contributed by atoms with van der Waals surface area (Å²) in [6.45, 7) is 19.5. The van der Waals surface area contributed by atoms with Gasteiger partial charge in [-0.1, -0.05) is 60.1 Å². The van der Waals surface area contributed by atoms with Crippen molar-refractivity contribution in [2.24, 2.45) is 56.7 Å². The van der Waals surface area contributed by atoms with E-state index in [1.54, 1.807) is 0 Å². The van der Waals surface area contributed by atoms with E-state index in [0.29, 0.717) is 23.9 Å². The van der Waals surface area contributed by atoms with Crippen LogP contribution in [0.15, 0.2) is 11.6 Å². The number of rotatable bonds is 2. The van der Waals surface area contributed by atoms with Gasteiger partial charge in [0.25, 0.3) is 0 Å². The van der Waals surface area contributed by atoms with E-state index in [9.17, 15) is 9.90 Å². The molecule has 198 valence electrons. The van der Waals surface area contributed by atoms with Gasteiger partial charge in [-0.2, -0.15) is 0 Å². The molecule has 0 saturated heterocycles. The first-order valence-electron chi connectivity index (χ1n) is 14.7. The smallest absolute Gasteiger partial charge is 0.302 e. The van der Waals surface area contributed by atoms with Gasteiger partial charge in [-0.15, -0.1) is 0 Å². The number of aliphatic hydroxyl groups excluding tert-OH is 1. The van der Waals surface area contributed by atoms with Crippen LogP contribution >= 0.6 is 0 Å². The topological polar surface area (TPSA) is 46.5 Å². The molecule has 1 N–H and O–H groups in total. The van der Waals surface area contributed by atoms with Crippen molar-refractivity contribution >= 4 is 5.97 Å². The Morgan fingerprint density at radius 2 is 1.69 bits per heavy atom. The molecule has 11 atom stereocenters. The van der Waals surface area contributed by atoms with E-state index >= 15 is 0 Å². The van der Waals surface area contributed by atoms with E-state index in [-0.39, 0.29) is 27.6 Å². The normalized spacial score (nSPS) is 55.5. The first-order valence-corrected chi connectivity index (χ1v) is 14.7. The predicted molar refractivity (Wildman–Crippen MR) is 142 cm³/mol. The molecule has 0 aromatic carbocycles. The average molecular weight is 485 g/mol. The second-order valence-electron chi connectivity index (χ2n) is 15.1. The van der Waals surface area contributed by atoms with Crippen molar-refractivity contribution in [2.75, 3.05) is 6.61 Å². The van der Waals surface area contributed by atoms with E-state index in [4.69, 9.17) is 4.74 Å². The summed E-state index contributed by atoms with van der Waals surface area (Å²) in [4.78, 5) is 11.7. The monoisotopic (exact) mass is 484 g/mol. The van der Waals surface area contributed by atoms with E-state index in [2.05, 4.69) is 54.5 Å². The highest BCUT2D eigenvalue weighted by molar-refractivity contribution is 5.65. The lowest BCUT2D eigenvalue weighted by Crippen LogP contribution is -2.65. The van der Waals surface area contributed by atoms with Gasteiger partial charge in [-0.05, 0) is 109 Å². The van der Waals surface area contributed by atoms with Crippen molar-refractivity contribution < 1.29 is 14.6 Å². The van der Waals surface area contributed by atoms with Gasteiger partial charge in [0.05, 0.1) is 12.7 Å². The lowest BCUT2D eigenvalue weighted by Gasteiger charge is -2.71. The Labute approximate surface area is 214 Å². The zero-order chi connectivity index (χ0) is 25.6. The fraction of sp³-hybridized carbons (Fsp3) is 0.906. The first-order chi connectivity index (χ1) is 16.2. The maximum absolute atomic E-state index is 11.7. The Bertz CT molecular complexity index is 908. The van der Waals surface area contributed by atoms with Crippen LogP contribution in [0.1, 0.15) is 113 Å². The first kappa shape index (κ1) is 25.8. The number of hydrogen-bond acceptors (Lipinski definition) is 3. The Morgan fingerprint density at radius 1 is 0.971 bits per heavy atom. The van der Waals surface area contributed by atoms with Crippen LogP contribution in [-0.2, 0) is 9.53 Å². The zero-order valence-electron chi connectivity index (χ0n) is 23.9. The van der Waals surface area contributed by atoms with Crippen molar-refractivity contribution in [3.63, 3.8) is 0 Å². The van der Waals surface area contributed by atoms with Crippen LogP contribution in [0.25, 0.3) is 0 Å². The Kier molecular flexibility index (Phi) is 5.96. The van der Waals surface area contributed by atoms with Crippen LogP contribution < -0.4 is 0 Å². The summed E-state index contributed by atoms with van der Waals surface area (Å²) in [6.07, 6.45) is 13.3. The number of esters is 1. The fourth-order valence-electron chi connectivity index (χ4n) is 11.1. The molecule has 0 aromatic heterocycles. The molecule has 3 heteroatoms. The Balaban J connectivity index is 1.55. The molecule has 35 heavy (non-hydrogen) atoms. The molecule has 0 spiro atoms. The van der Waals surface area contributed by atoms with E-state index < -0.39 is 6.10 Å². The second-order valence-corrected chi connectivity index (χ2v) is 15.1. The third-order valence-corrected chi connectivity index (χ3v) is 13.8. The van der Waals surface area contributed by atoms with Crippen molar-refractivity contribution in [2.45, 2.75) is 119 Å². The molecule has 5 rings (SSSR count). The molecule has 4 fully saturated rings. The van der Waals surface area contributed by atoms with E-state index in [1.165, 1.54) is 45.4 Å². The number of allylic oxidation sites excluding steroid dienone is 2. The van der Waals surface area contributed by atoms with Gasteiger partial charge in [0.2, 0.25) is 0 Å². The minimum absolute atomic E-state index is 0.165. The summed E-state index contributed by atoms with van der Waals surface area (Å²) in [5, 5.41) is 11.2. The Hall–Kier alpha value is -0.830. The van der Waals surface area contributed by atoms with Gasteiger partial charge in [-0.3, -0.25) is 4.79 Å². The summed E-state index contributed by atoms with van der Waals surface area (Å²) in [7, 11) is 0. The largest absolute Gasteiger partial charge is 0.465 e. The average Bonchev–Trinajstić information content (AvgIpc) is 2.79. The molecule has 0 heterocycles. The van der Waals surface area contributed by atoms with Gasteiger partial charge in [0.1, 0.15) is 0 Å². The number of aliphatic hydroxyl groups is 1. The van der Waals surface area contributed by atoms with Crippen LogP contribution in [0.2, 0.25) is 0 Å². The minimum Gasteiger partial charge on any atom is -0.465 e. The van der Waals surface area contributed by atoms with Crippen LogP contribution in [0.5, 0.6) is 0 Å². The fourth-order valence-corrected chi connectivity index (χ4v) is 11.1. The molecule has 0 amide bonds. The zero-order valence-corrected chi connectivity index (χ0v) is 23.9. The molecular formula is C32H52O3. The Morgan fingerprint density at radius 3 is 2.37 bits per heavy atom. The van der Waals surface area contributed by atoms with E-state index in [1.807, 2.05) is 5.57 Å². The highest BCUT2D eigenvalue weighted by Gasteiger charge is 2.68. The van der Waals surface area contributed by atoms with Crippen LogP contribution in [0.3, 0.4) is 0 Å². The van der Waals surface area contributed by atoms with Gasteiger partial charge >= 0.3 is 5.97 Å². The second kappa shape index (κ2) is 8.08. The lowest BCUT2D eigenvalue weighted by molar-refractivity contribution is -0.219. The minimum atomic E-state index is -0.394. The number of ether oxygens (including phenoxy) is 1. The van der Waals surface area contributed by atoms with Crippen molar-refractivity contribution in [1.29, 1.82) is 0 Å². The molecule has 11 unspecified atom stereocenters. The summed E-state index contributed by atoms with van der Waals surface area (Å²) in [6, 6.07) is 0. The molecule has 5 aliphatic carbocycles. The van der Waals surface area contributed by atoms with Gasteiger partial charge in [0.15, 0.2) is 0 Å². The maximum atomic E-state index is 11.7. The summed E-state index contributed by atoms with van der Waals surface area (Å²) in [5.74, 6) is 3.09. The third kappa shape index (κ3) is 3.34. The molecule has 0 bridgehead atoms. The molecular weight excluding hydrogens is 432 g/mol. The molecule has 0 radical (unpaired) electrons. The lowest BCUT2D eigenvalue weighted by atomic mass is 9.33. The predicted octanol–water partition coefficient (Wildman–Crippen LogP) is 7.57. The molecule has 4 saturated carbocycles. The number of carbonyl (C=O) groups excluding carboxylic acids is 1. The van der Waals surface area contributed by atoms with Crippen molar-refractivity contribution in [1.82, 2.24) is 0 Å². The molecule has 5 aliphatic rings. The number of carbonyl (C=O) groups is 1. The van der Waals surface area contributed by atoms with Gasteiger partial charge < -0.3 is 9.84 Å². The van der Waals surface area contributed by atoms with Gasteiger partial charge in [0, 0.05) is 12.3 Å². The number of hydrogen-bond donors (Lipinski definition) is 1. The van der Waals surface area contributed by atoms with Crippen LogP contribution in [0.4, 0.5) is 0 Å². The SMILES string of the molecule is CC(=O)OCC1(C)C(O)CCC2(C)C1CCC1(C)C2CC=C2C3C(C)C(C)CCC3(C)CCC21C. The summed E-state index contributed by atoms with van der Waals surface area (Å²) >= 11 is 0. The van der Waals surface area contributed by atoms with Gasteiger partial charge in [-0.25, -0.2) is 0 Å². The van der Waals surface area contributed by atoms with Crippen LogP contribution in [-0.4, -0.2) is 23.8 Å². The van der Waals surface area contributed by atoms with Crippen LogP contribution in [0, 0.1) is 56.7 Å². The standard InChI is InChI=1S/C32H52O3/c1-20-11-14-28(4)17-18-31(7)23(27(28)21(20)2)9-10-25-29(5)15-13-26(34)30(6,19-35-22(3)33)24(29)12-16-32(25,31)8/h9,20-21,24-27,34H,10-19H2,1-8H3. The molecule has 0 aliphatic heterocycles. The highest BCUT2D eigenvalue weighted by Crippen LogP contribution is 2.75. The summed E-state index contributed by atoms with van der Waals surface area (Å²) < 4.78 is 5.60. The van der Waals surface area contributed by atoms with E-state index in [0.717, 1.165) is 37.0 Å².